The van der Waals surface area contributed by atoms with Crippen LogP contribution in [0.3, 0.4) is 0 Å². The molecule has 5 nitrogen and oxygen atoms in total. The second kappa shape index (κ2) is 7.41. The lowest BCUT2D eigenvalue weighted by Crippen LogP contribution is -2.38. The number of para-hydroxylation sites is 1. The van der Waals surface area contributed by atoms with Crippen molar-refractivity contribution in [2.75, 3.05) is 13.1 Å². The third-order valence-electron chi connectivity index (χ3n) is 5.72. The summed E-state index contributed by atoms with van der Waals surface area (Å²) in [6.45, 7) is 1.49. The van der Waals surface area contributed by atoms with Crippen molar-refractivity contribution in [3.63, 3.8) is 0 Å². The Morgan fingerprint density at radius 3 is 2.72 bits per heavy atom. The van der Waals surface area contributed by atoms with Crippen LogP contribution in [0.15, 0.2) is 67.0 Å². The molecule has 1 fully saturated rings. The average molecular weight is 405 g/mol. The number of halogens is 1. The fourth-order valence-electron chi connectivity index (χ4n) is 4.19. The molecule has 1 N–H and O–H groups in total. The number of benzene rings is 2. The van der Waals surface area contributed by atoms with Gasteiger partial charge >= 0.3 is 0 Å². The minimum absolute atomic E-state index is 0.0110. The van der Waals surface area contributed by atoms with Crippen molar-refractivity contribution in [2.45, 2.75) is 18.8 Å². The van der Waals surface area contributed by atoms with Gasteiger partial charge in [-0.25, -0.2) is 4.68 Å². The molecule has 1 aliphatic rings. The standard InChI is InChI=1S/C23H21ClN4O/c24-17-4-3-5-18(14-17)28-13-10-22(26-28)23(29)27-11-8-16(9-12-27)20-15-25-21-7-2-1-6-19(20)21/h1-7,10,13-16,25H,8-9,11-12H2. The highest BCUT2D eigenvalue weighted by atomic mass is 35.5. The van der Waals surface area contributed by atoms with Gasteiger partial charge in [0.05, 0.1) is 5.69 Å². The van der Waals surface area contributed by atoms with Gasteiger partial charge in [0.1, 0.15) is 0 Å². The summed E-state index contributed by atoms with van der Waals surface area (Å²) in [5.74, 6) is 0.461. The molecule has 0 radical (unpaired) electrons. The molecular formula is C23H21ClN4O. The molecule has 29 heavy (non-hydrogen) atoms. The molecular weight excluding hydrogens is 384 g/mol. The zero-order chi connectivity index (χ0) is 19.8. The zero-order valence-electron chi connectivity index (χ0n) is 15.9. The Morgan fingerprint density at radius 2 is 1.90 bits per heavy atom. The SMILES string of the molecule is O=C(c1ccn(-c2cccc(Cl)c2)n1)N1CCC(c2c[nH]c3ccccc23)CC1. The first kappa shape index (κ1) is 18.0. The number of aromatic amines is 1. The molecule has 0 aliphatic carbocycles. The van der Waals surface area contributed by atoms with Crippen LogP contribution in [0.1, 0.15) is 34.8 Å². The molecule has 2 aromatic heterocycles. The number of nitrogens with one attached hydrogen (secondary N) is 1. The summed E-state index contributed by atoms with van der Waals surface area (Å²) in [6.07, 6.45) is 5.85. The van der Waals surface area contributed by atoms with Crippen LogP contribution in [-0.2, 0) is 0 Å². The molecule has 0 bridgehead atoms. The number of piperidine rings is 1. The number of rotatable bonds is 3. The van der Waals surface area contributed by atoms with Gasteiger partial charge in [-0.15, -0.1) is 0 Å². The number of amides is 1. The van der Waals surface area contributed by atoms with Crippen molar-refractivity contribution in [1.82, 2.24) is 19.7 Å². The van der Waals surface area contributed by atoms with E-state index in [1.54, 1.807) is 16.9 Å². The van der Waals surface area contributed by atoms with Crippen molar-refractivity contribution in [3.05, 3.63) is 83.3 Å². The summed E-state index contributed by atoms with van der Waals surface area (Å²) in [5.41, 5.74) is 3.84. The van der Waals surface area contributed by atoms with E-state index in [4.69, 9.17) is 11.6 Å². The zero-order valence-corrected chi connectivity index (χ0v) is 16.6. The first-order valence-corrected chi connectivity index (χ1v) is 10.2. The Labute approximate surface area is 173 Å². The summed E-state index contributed by atoms with van der Waals surface area (Å²) in [6, 6.07) is 17.6. The number of hydrogen-bond donors (Lipinski definition) is 1. The van der Waals surface area contributed by atoms with Crippen molar-refractivity contribution in [1.29, 1.82) is 0 Å². The number of nitrogens with zero attached hydrogens (tertiary/aromatic N) is 3. The van der Waals surface area contributed by atoms with Crippen LogP contribution >= 0.6 is 11.6 Å². The Balaban J connectivity index is 1.28. The molecule has 6 heteroatoms. The largest absolute Gasteiger partial charge is 0.361 e. The fourth-order valence-corrected chi connectivity index (χ4v) is 4.37. The van der Waals surface area contributed by atoms with Gasteiger partial charge in [0.15, 0.2) is 5.69 Å². The molecule has 0 spiro atoms. The lowest BCUT2D eigenvalue weighted by Gasteiger charge is -2.31. The number of H-pyrrole nitrogens is 1. The van der Waals surface area contributed by atoms with Crippen LogP contribution in [0, 0.1) is 0 Å². The second-order valence-electron chi connectivity index (χ2n) is 7.48. The predicted octanol–water partition coefficient (Wildman–Crippen LogP) is 5.03. The number of hydrogen-bond acceptors (Lipinski definition) is 2. The molecule has 0 saturated carbocycles. The minimum Gasteiger partial charge on any atom is -0.361 e. The first-order valence-electron chi connectivity index (χ1n) is 9.86. The number of aromatic nitrogens is 3. The maximum Gasteiger partial charge on any atom is 0.274 e. The second-order valence-corrected chi connectivity index (χ2v) is 7.92. The lowest BCUT2D eigenvalue weighted by atomic mass is 9.89. The lowest BCUT2D eigenvalue weighted by molar-refractivity contribution is 0.0707. The van der Waals surface area contributed by atoms with Crippen molar-refractivity contribution in [3.8, 4) is 5.69 Å². The highest BCUT2D eigenvalue weighted by molar-refractivity contribution is 6.30. The van der Waals surface area contributed by atoms with Crippen molar-refractivity contribution in [2.24, 2.45) is 0 Å². The van der Waals surface area contributed by atoms with E-state index in [-0.39, 0.29) is 5.91 Å². The Morgan fingerprint density at radius 1 is 1.07 bits per heavy atom. The van der Waals surface area contributed by atoms with Crippen LogP contribution in [0.2, 0.25) is 5.02 Å². The molecule has 1 amide bonds. The van der Waals surface area contributed by atoms with Crippen LogP contribution in [0.25, 0.3) is 16.6 Å². The molecule has 5 rings (SSSR count). The average Bonchev–Trinajstić information content (AvgIpc) is 3.41. The van der Waals surface area contributed by atoms with E-state index in [1.807, 2.05) is 35.2 Å². The number of carbonyl (C=O) groups excluding carboxylic acids is 1. The Kier molecular flexibility index (Phi) is 4.60. The minimum atomic E-state index is -0.0110. The quantitative estimate of drug-likeness (QED) is 0.520. The molecule has 0 atom stereocenters. The monoisotopic (exact) mass is 404 g/mol. The van der Waals surface area contributed by atoms with E-state index < -0.39 is 0 Å². The smallest absolute Gasteiger partial charge is 0.274 e. The number of carbonyl (C=O) groups is 1. The highest BCUT2D eigenvalue weighted by Gasteiger charge is 2.27. The Bertz CT molecular complexity index is 1170. The molecule has 1 aliphatic heterocycles. The highest BCUT2D eigenvalue weighted by Crippen LogP contribution is 2.33. The normalized spacial score (nSPS) is 15.1. The van der Waals surface area contributed by atoms with Crippen LogP contribution in [-0.4, -0.2) is 38.7 Å². The summed E-state index contributed by atoms with van der Waals surface area (Å²) in [7, 11) is 0. The van der Waals surface area contributed by atoms with Crippen molar-refractivity contribution >= 4 is 28.4 Å². The maximum absolute atomic E-state index is 12.9. The molecule has 1 saturated heterocycles. The number of likely N-dealkylation sites (tertiary alicyclic amines) is 1. The Hall–Kier alpha value is -3.05. The van der Waals surface area contributed by atoms with E-state index >= 15 is 0 Å². The van der Waals surface area contributed by atoms with Crippen LogP contribution < -0.4 is 0 Å². The molecule has 146 valence electrons. The summed E-state index contributed by atoms with van der Waals surface area (Å²) < 4.78 is 1.69. The van der Waals surface area contributed by atoms with E-state index in [0.717, 1.165) is 31.6 Å². The van der Waals surface area contributed by atoms with Crippen molar-refractivity contribution < 1.29 is 4.79 Å². The third kappa shape index (κ3) is 3.42. The van der Waals surface area contributed by atoms with E-state index in [0.29, 0.717) is 16.6 Å². The molecule has 0 unspecified atom stereocenters. The predicted molar refractivity (Wildman–Crippen MR) is 115 cm³/mol. The van der Waals surface area contributed by atoms with Crippen LogP contribution in [0.5, 0.6) is 0 Å². The third-order valence-corrected chi connectivity index (χ3v) is 5.96. The van der Waals surface area contributed by atoms with Crippen LogP contribution in [0.4, 0.5) is 0 Å². The van der Waals surface area contributed by atoms with Gasteiger partial charge in [0, 0.05) is 41.4 Å². The van der Waals surface area contributed by atoms with E-state index in [2.05, 4.69) is 34.5 Å². The van der Waals surface area contributed by atoms with E-state index in [9.17, 15) is 4.79 Å². The summed E-state index contributed by atoms with van der Waals surface area (Å²) in [4.78, 5) is 18.2. The maximum atomic E-state index is 12.9. The van der Waals surface area contributed by atoms with Gasteiger partial charge in [-0.3, -0.25) is 4.79 Å². The van der Waals surface area contributed by atoms with Gasteiger partial charge < -0.3 is 9.88 Å². The molecule has 4 aromatic rings. The van der Waals surface area contributed by atoms with Gasteiger partial charge in [0.2, 0.25) is 0 Å². The molecule has 2 aromatic carbocycles. The van der Waals surface area contributed by atoms with Gasteiger partial charge in [-0.1, -0.05) is 35.9 Å². The van der Waals surface area contributed by atoms with Gasteiger partial charge in [-0.05, 0) is 54.7 Å². The van der Waals surface area contributed by atoms with Gasteiger partial charge in [-0.2, -0.15) is 5.10 Å². The molecule has 3 heterocycles. The fraction of sp³-hybridized carbons (Fsp3) is 0.217. The van der Waals surface area contributed by atoms with Gasteiger partial charge in [0.25, 0.3) is 5.91 Å². The summed E-state index contributed by atoms with van der Waals surface area (Å²) in [5, 5.41) is 6.40. The number of fused-ring (bicyclic) bond motifs is 1. The topological polar surface area (TPSA) is 53.9 Å². The van der Waals surface area contributed by atoms with E-state index in [1.165, 1.54) is 16.5 Å². The summed E-state index contributed by atoms with van der Waals surface area (Å²) >= 11 is 6.06. The first-order chi connectivity index (χ1) is 14.2.